The summed E-state index contributed by atoms with van der Waals surface area (Å²) in [6.07, 6.45) is 0. The summed E-state index contributed by atoms with van der Waals surface area (Å²) in [5.41, 5.74) is 5.76. The number of hydrogen-bond donors (Lipinski definition) is 2. The third-order valence-corrected chi connectivity index (χ3v) is 4.65. The lowest BCUT2D eigenvalue weighted by Crippen LogP contribution is -2.23. The molecule has 0 saturated carbocycles. The minimum atomic E-state index is -0.347. The maximum absolute atomic E-state index is 12.3. The van der Waals surface area contributed by atoms with Crippen molar-refractivity contribution >= 4 is 45.8 Å². The summed E-state index contributed by atoms with van der Waals surface area (Å²) in [5, 5.41) is 6.77. The predicted octanol–water partition coefficient (Wildman–Crippen LogP) is 3.67. The van der Waals surface area contributed by atoms with Crippen LogP contribution in [0.4, 0.5) is 5.69 Å². The van der Waals surface area contributed by atoms with Crippen LogP contribution in [0.2, 0.25) is 0 Å². The summed E-state index contributed by atoms with van der Waals surface area (Å²) in [6, 6.07) is 13.0. The number of hydrogen-bond acceptors (Lipinski definition) is 3. The third kappa shape index (κ3) is 3.73. The predicted molar refractivity (Wildman–Crippen MR) is 107 cm³/mol. The van der Waals surface area contributed by atoms with Crippen molar-refractivity contribution in [3.8, 4) is 0 Å². The van der Waals surface area contributed by atoms with E-state index in [0.717, 1.165) is 9.13 Å². The Morgan fingerprint density at radius 3 is 2.44 bits per heavy atom. The molecule has 2 N–H and O–H groups in total. The molecule has 2 aromatic carbocycles. The van der Waals surface area contributed by atoms with Crippen LogP contribution in [-0.2, 0) is 10.2 Å². The Morgan fingerprint density at radius 2 is 1.80 bits per heavy atom. The Morgan fingerprint density at radius 1 is 1.12 bits per heavy atom. The van der Waals surface area contributed by atoms with Gasteiger partial charge in [-0.15, -0.1) is 0 Å². The fourth-order valence-electron chi connectivity index (χ4n) is 2.53. The number of nitrogens with one attached hydrogen (secondary N) is 2. The first kappa shape index (κ1) is 17.6. The normalized spacial score (nSPS) is 15.0. The molecule has 0 bridgehead atoms. The van der Waals surface area contributed by atoms with Gasteiger partial charge in [0.15, 0.2) is 5.71 Å². The van der Waals surface area contributed by atoms with Crippen LogP contribution in [0.1, 0.15) is 42.3 Å². The zero-order chi connectivity index (χ0) is 18.2. The van der Waals surface area contributed by atoms with Gasteiger partial charge < -0.3 is 5.32 Å². The molecule has 2 amide bonds. The minimum absolute atomic E-state index is 0.0258. The van der Waals surface area contributed by atoms with E-state index in [-0.39, 0.29) is 22.9 Å². The molecule has 6 heteroatoms. The molecule has 1 aliphatic rings. The quantitative estimate of drug-likeness (QED) is 0.545. The molecule has 0 aromatic heterocycles. The topological polar surface area (TPSA) is 70.6 Å². The van der Waals surface area contributed by atoms with Gasteiger partial charge in [-0.1, -0.05) is 32.9 Å². The van der Waals surface area contributed by atoms with E-state index >= 15 is 0 Å². The van der Waals surface area contributed by atoms with Gasteiger partial charge in [-0.05, 0) is 63.9 Å². The molecule has 0 saturated heterocycles. The smallest absolute Gasteiger partial charge is 0.276 e. The van der Waals surface area contributed by atoms with Gasteiger partial charge in [-0.3, -0.25) is 9.59 Å². The molecule has 3 rings (SSSR count). The molecule has 5 nitrogen and oxygen atoms in total. The molecule has 0 aliphatic carbocycles. The fraction of sp³-hybridized carbons (Fsp3) is 0.211. The van der Waals surface area contributed by atoms with Crippen LogP contribution < -0.4 is 10.7 Å². The Bertz CT molecular complexity index is 881. The maximum atomic E-state index is 12.3. The Balaban J connectivity index is 1.79. The molecule has 0 radical (unpaired) electrons. The van der Waals surface area contributed by atoms with Gasteiger partial charge in [0.1, 0.15) is 0 Å². The SMILES string of the molecule is CC(C)(C)c1ccc(C(=O)N/N=C2/C(=O)Nc3ccc(I)cc32)cc1. The molecule has 0 spiro atoms. The molecule has 0 fully saturated rings. The molecule has 1 aliphatic heterocycles. The first-order valence-electron chi connectivity index (χ1n) is 7.85. The number of carbonyl (C=O) groups excluding carboxylic acids is 2. The van der Waals surface area contributed by atoms with Crippen molar-refractivity contribution in [1.29, 1.82) is 0 Å². The zero-order valence-corrected chi connectivity index (χ0v) is 16.3. The zero-order valence-electron chi connectivity index (χ0n) is 14.2. The van der Waals surface area contributed by atoms with E-state index in [1.807, 2.05) is 30.3 Å². The highest BCUT2D eigenvalue weighted by Gasteiger charge is 2.26. The maximum Gasteiger partial charge on any atom is 0.276 e. The number of anilines is 1. The molecule has 1 heterocycles. The van der Waals surface area contributed by atoms with Crippen molar-refractivity contribution in [2.24, 2.45) is 5.10 Å². The largest absolute Gasteiger partial charge is 0.320 e. The van der Waals surface area contributed by atoms with E-state index < -0.39 is 0 Å². The average Bonchev–Trinajstić information content (AvgIpc) is 2.86. The lowest BCUT2D eigenvalue weighted by atomic mass is 9.87. The van der Waals surface area contributed by atoms with E-state index in [9.17, 15) is 9.59 Å². The van der Waals surface area contributed by atoms with E-state index in [0.29, 0.717) is 16.8 Å². The van der Waals surface area contributed by atoms with Gasteiger partial charge in [0, 0.05) is 14.7 Å². The van der Waals surface area contributed by atoms with Crippen molar-refractivity contribution < 1.29 is 9.59 Å². The van der Waals surface area contributed by atoms with Crippen LogP contribution in [0.5, 0.6) is 0 Å². The van der Waals surface area contributed by atoms with Crippen molar-refractivity contribution in [3.05, 3.63) is 62.7 Å². The molecule has 0 unspecified atom stereocenters. The summed E-state index contributed by atoms with van der Waals surface area (Å²) < 4.78 is 0.990. The first-order chi connectivity index (χ1) is 11.8. The van der Waals surface area contributed by atoms with Crippen molar-refractivity contribution in [3.63, 3.8) is 0 Å². The standard InChI is InChI=1S/C19H18IN3O2/c1-19(2,3)12-6-4-11(5-7-12)17(24)23-22-16-14-10-13(20)8-9-15(14)21-18(16)25/h4-10H,1-3H3,(H,23,24)(H,21,22,25). The minimum Gasteiger partial charge on any atom is -0.320 e. The highest BCUT2D eigenvalue weighted by molar-refractivity contribution is 14.1. The van der Waals surface area contributed by atoms with E-state index in [1.165, 1.54) is 0 Å². The van der Waals surface area contributed by atoms with Crippen LogP contribution in [0.25, 0.3) is 0 Å². The number of rotatable bonds is 2. The molecular formula is C19H18IN3O2. The second-order valence-corrected chi connectivity index (χ2v) is 8.12. The van der Waals surface area contributed by atoms with E-state index in [2.05, 4.69) is 59.2 Å². The highest BCUT2D eigenvalue weighted by atomic mass is 127. The highest BCUT2D eigenvalue weighted by Crippen LogP contribution is 2.25. The van der Waals surface area contributed by atoms with Gasteiger partial charge in [-0.2, -0.15) is 5.10 Å². The monoisotopic (exact) mass is 447 g/mol. The Labute approximate surface area is 160 Å². The molecular weight excluding hydrogens is 429 g/mol. The molecule has 25 heavy (non-hydrogen) atoms. The number of hydrazone groups is 1. The number of halogens is 1. The lowest BCUT2D eigenvalue weighted by Gasteiger charge is -2.18. The number of amides is 2. The number of benzene rings is 2. The van der Waals surface area contributed by atoms with Crippen LogP contribution in [0, 0.1) is 3.57 Å². The van der Waals surface area contributed by atoms with E-state index in [1.54, 1.807) is 12.1 Å². The number of fused-ring (bicyclic) bond motifs is 1. The van der Waals surface area contributed by atoms with Crippen LogP contribution in [0.15, 0.2) is 47.6 Å². The van der Waals surface area contributed by atoms with Gasteiger partial charge in [0.25, 0.3) is 11.8 Å². The van der Waals surface area contributed by atoms with Crippen LogP contribution >= 0.6 is 22.6 Å². The van der Waals surface area contributed by atoms with Crippen molar-refractivity contribution in [2.75, 3.05) is 5.32 Å². The van der Waals surface area contributed by atoms with Gasteiger partial charge in [-0.25, -0.2) is 5.43 Å². The second-order valence-electron chi connectivity index (χ2n) is 6.87. The van der Waals surface area contributed by atoms with Crippen molar-refractivity contribution in [2.45, 2.75) is 26.2 Å². The van der Waals surface area contributed by atoms with Crippen LogP contribution in [-0.4, -0.2) is 17.5 Å². The van der Waals surface area contributed by atoms with Gasteiger partial charge >= 0.3 is 0 Å². The van der Waals surface area contributed by atoms with Crippen LogP contribution in [0.3, 0.4) is 0 Å². The second kappa shape index (κ2) is 6.59. The fourth-order valence-corrected chi connectivity index (χ4v) is 3.02. The Kier molecular flexibility index (Phi) is 4.64. The van der Waals surface area contributed by atoms with Crippen molar-refractivity contribution in [1.82, 2.24) is 5.43 Å². The molecule has 0 atom stereocenters. The first-order valence-corrected chi connectivity index (χ1v) is 8.93. The summed E-state index contributed by atoms with van der Waals surface area (Å²) in [7, 11) is 0. The third-order valence-electron chi connectivity index (χ3n) is 3.98. The molecule has 128 valence electrons. The average molecular weight is 447 g/mol. The number of nitrogens with zero attached hydrogens (tertiary/aromatic N) is 1. The summed E-state index contributed by atoms with van der Waals surface area (Å²) in [4.78, 5) is 24.3. The molecule has 2 aromatic rings. The lowest BCUT2D eigenvalue weighted by molar-refractivity contribution is -0.110. The number of carbonyl (C=O) groups is 2. The summed E-state index contributed by atoms with van der Waals surface area (Å²) >= 11 is 2.17. The Hall–Kier alpha value is -2.22. The summed E-state index contributed by atoms with van der Waals surface area (Å²) in [6.45, 7) is 6.35. The van der Waals surface area contributed by atoms with Gasteiger partial charge in [0.05, 0.1) is 5.69 Å². The van der Waals surface area contributed by atoms with E-state index in [4.69, 9.17) is 0 Å². The van der Waals surface area contributed by atoms with Gasteiger partial charge in [0.2, 0.25) is 0 Å². The summed E-state index contributed by atoms with van der Waals surface area (Å²) in [5.74, 6) is -0.666.